The van der Waals surface area contributed by atoms with Crippen LogP contribution in [0.3, 0.4) is 0 Å². The van der Waals surface area contributed by atoms with Crippen LogP contribution in [0.1, 0.15) is 55.7 Å². The minimum atomic E-state index is 0.0447. The number of hydrogen-bond acceptors (Lipinski definition) is 4. The van der Waals surface area contributed by atoms with Crippen molar-refractivity contribution in [2.75, 3.05) is 18.1 Å². The predicted octanol–water partition coefficient (Wildman–Crippen LogP) is 2.78. The number of rotatable bonds is 4. The lowest BCUT2D eigenvalue weighted by Gasteiger charge is -2.30. The third-order valence-electron chi connectivity index (χ3n) is 4.94. The molecule has 2 aromatic rings. The van der Waals surface area contributed by atoms with Crippen LogP contribution in [0.2, 0.25) is 0 Å². The van der Waals surface area contributed by atoms with Crippen molar-refractivity contribution in [1.82, 2.24) is 14.8 Å². The van der Waals surface area contributed by atoms with Crippen molar-refractivity contribution in [3.8, 4) is 5.75 Å². The molecule has 1 fully saturated rings. The van der Waals surface area contributed by atoms with Gasteiger partial charge in [0, 0.05) is 13.0 Å². The second-order valence-electron chi connectivity index (χ2n) is 7.24. The van der Waals surface area contributed by atoms with Gasteiger partial charge in [0.1, 0.15) is 18.2 Å². The molecule has 4 rings (SSSR count). The van der Waals surface area contributed by atoms with Crippen molar-refractivity contribution in [1.29, 1.82) is 0 Å². The molecule has 0 spiro atoms. The van der Waals surface area contributed by atoms with E-state index in [1.165, 1.54) is 5.56 Å². The summed E-state index contributed by atoms with van der Waals surface area (Å²) in [7, 11) is 1.87. The largest absolute Gasteiger partial charge is 0.490 e. The Labute approximate surface area is 147 Å². The molecule has 6 heteroatoms. The van der Waals surface area contributed by atoms with Gasteiger partial charge in [0.15, 0.2) is 5.82 Å². The van der Waals surface area contributed by atoms with Crippen LogP contribution in [-0.4, -0.2) is 33.8 Å². The molecule has 0 saturated heterocycles. The topological polar surface area (TPSA) is 60.2 Å². The van der Waals surface area contributed by atoms with Crippen molar-refractivity contribution < 1.29 is 9.53 Å². The van der Waals surface area contributed by atoms with Gasteiger partial charge in [0.2, 0.25) is 5.91 Å². The number of aryl methyl sites for hydroxylation is 1. The SMILES string of the molecule is CC(C)c1ccc2c(c1)N(C(=O)Cc1nc(C3CC3)nn1C)CCO2. The summed E-state index contributed by atoms with van der Waals surface area (Å²) in [5, 5.41) is 4.46. The first-order valence-corrected chi connectivity index (χ1v) is 9.00. The van der Waals surface area contributed by atoms with E-state index in [2.05, 4.69) is 36.1 Å². The number of anilines is 1. The van der Waals surface area contributed by atoms with Crippen LogP contribution in [-0.2, 0) is 18.3 Å². The van der Waals surface area contributed by atoms with Crippen LogP contribution in [0.25, 0.3) is 0 Å². The van der Waals surface area contributed by atoms with Crippen LogP contribution in [0.4, 0.5) is 5.69 Å². The minimum Gasteiger partial charge on any atom is -0.490 e. The zero-order chi connectivity index (χ0) is 17.6. The summed E-state index contributed by atoms with van der Waals surface area (Å²) in [5.74, 6) is 3.34. The number of nitrogens with zero attached hydrogens (tertiary/aromatic N) is 4. The quantitative estimate of drug-likeness (QED) is 0.859. The van der Waals surface area contributed by atoms with Gasteiger partial charge in [-0.1, -0.05) is 19.9 Å². The number of benzene rings is 1. The molecule has 2 aliphatic rings. The third-order valence-corrected chi connectivity index (χ3v) is 4.94. The smallest absolute Gasteiger partial charge is 0.234 e. The van der Waals surface area contributed by atoms with Crippen LogP contribution >= 0.6 is 0 Å². The van der Waals surface area contributed by atoms with E-state index in [1.807, 2.05) is 18.0 Å². The van der Waals surface area contributed by atoms with Gasteiger partial charge in [-0.15, -0.1) is 0 Å². The Kier molecular flexibility index (Phi) is 3.98. The fourth-order valence-corrected chi connectivity index (χ4v) is 3.19. The minimum absolute atomic E-state index is 0.0447. The molecule has 132 valence electrons. The average Bonchev–Trinajstić information content (AvgIpc) is 3.38. The summed E-state index contributed by atoms with van der Waals surface area (Å²) >= 11 is 0. The standard InChI is InChI=1S/C19H24N4O2/c1-12(2)14-6-7-16-15(10-14)23(8-9-25-16)18(24)11-17-20-19(13-4-5-13)21-22(17)3/h6-7,10,12-13H,4-5,8-9,11H2,1-3H3. The number of carbonyl (C=O) groups excluding carboxylic acids is 1. The number of ether oxygens (including phenoxy) is 1. The Morgan fingerprint density at radius 2 is 2.16 bits per heavy atom. The first-order chi connectivity index (χ1) is 12.0. The highest BCUT2D eigenvalue weighted by Gasteiger charge is 2.30. The maximum atomic E-state index is 12.9. The summed E-state index contributed by atoms with van der Waals surface area (Å²) in [6, 6.07) is 6.11. The molecule has 25 heavy (non-hydrogen) atoms. The monoisotopic (exact) mass is 340 g/mol. The fourth-order valence-electron chi connectivity index (χ4n) is 3.19. The summed E-state index contributed by atoms with van der Waals surface area (Å²) in [6.07, 6.45) is 2.58. The van der Waals surface area contributed by atoms with Crippen LogP contribution in [0.5, 0.6) is 5.75 Å². The Morgan fingerprint density at radius 1 is 1.36 bits per heavy atom. The molecule has 1 saturated carbocycles. The Morgan fingerprint density at radius 3 is 2.88 bits per heavy atom. The molecule has 6 nitrogen and oxygen atoms in total. The lowest BCUT2D eigenvalue weighted by Crippen LogP contribution is -2.39. The van der Waals surface area contributed by atoms with Gasteiger partial charge in [-0.25, -0.2) is 4.98 Å². The number of carbonyl (C=O) groups is 1. The summed E-state index contributed by atoms with van der Waals surface area (Å²) in [5.41, 5.74) is 2.07. The maximum absolute atomic E-state index is 12.9. The summed E-state index contributed by atoms with van der Waals surface area (Å²) in [6.45, 7) is 5.39. The fraction of sp³-hybridized carbons (Fsp3) is 0.526. The Bertz CT molecular complexity index is 808. The third kappa shape index (κ3) is 3.13. The van der Waals surface area contributed by atoms with E-state index in [9.17, 15) is 4.79 Å². The molecule has 0 radical (unpaired) electrons. The molecule has 0 bridgehead atoms. The lowest BCUT2D eigenvalue weighted by atomic mass is 10.0. The van der Waals surface area contributed by atoms with E-state index in [1.54, 1.807) is 4.68 Å². The van der Waals surface area contributed by atoms with E-state index < -0.39 is 0 Å². The lowest BCUT2D eigenvalue weighted by molar-refractivity contribution is -0.118. The van der Waals surface area contributed by atoms with Gasteiger partial charge in [-0.05, 0) is 36.5 Å². The molecular weight excluding hydrogens is 316 g/mol. The highest BCUT2D eigenvalue weighted by Crippen LogP contribution is 2.38. The molecule has 2 heterocycles. The number of fused-ring (bicyclic) bond motifs is 1. The van der Waals surface area contributed by atoms with E-state index in [-0.39, 0.29) is 12.3 Å². The van der Waals surface area contributed by atoms with Crippen LogP contribution in [0.15, 0.2) is 18.2 Å². The molecule has 1 aromatic heterocycles. The number of hydrogen-bond donors (Lipinski definition) is 0. The Balaban J connectivity index is 1.58. The normalized spacial score (nSPS) is 16.7. The van der Waals surface area contributed by atoms with Gasteiger partial charge in [0.05, 0.1) is 18.7 Å². The van der Waals surface area contributed by atoms with Gasteiger partial charge >= 0.3 is 0 Å². The second kappa shape index (κ2) is 6.17. The molecule has 1 aromatic carbocycles. The zero-order valence-electron chi connectivity index (χ0n) is 15.0. The second-order valence-corrected chi connectivity index (χ2v) is 7.24. The van der Waals surface area contributed by atoms with Crippen molar-refractivity contribution in [2.45, 2.75) is 44.9 Å². The van der Waals surface area contributed by atoms with Crippen molar-refractivity contribution in [3.05, 3.63) is 35.4 Å². The molecule has 1 aliphatic heterocycles. The van der Waals surface area contributed by atoms with E-state index in [0.717, 1.165) is 35.9 Å². The number of amides is 1. The van der Waals surface area contributed by atoms with E-state index in [4.69, 9.17) is 4.74 Å². The molecule has 1 aliphatic carbocycles. The molecule has 0 unspecified atom stereocenters. The van der Waals surface area contributed by atoms with Crippen molar-refractivity contribution in [2.24, 2.45) is 7.05 Å². The van der Waals surface area contributed by atoms with E-state index >= 15 is 0 Å². The predicted molar refractivity (Wildman–Crippen MR) is 95.1 cm³/mol. The first kappa shape index (κ1) is 16.1. The highest BCUT2D eigenvalue weighted by atomic mass is 16.5. The van der Waals surface area contributed by atoms with Gasteiger partial charge in [-0.2, -0.15) is 5.10 Å². The van der Waals surface area contributed by atoms with Crippen molar-refractivity contribution >= 4 is 11.6 Å². The molecule has 0 N–H and O–H groups in total. The number of aromatic nitrogens is 3. The maximum Gasteiger partial charge on any atom is 0.234 e. The first-order valence-electron chi connectivity index (χ1n) is 9.00. The summed E-state index contributed by atoms with van der Waals surface area (Å²) in [4.78, 5) is 19.4. The van der Waals surface area contributed by atoms with E-state index in [0.29, 0.717) is 25.0 Å². The molecule has 1 amide bonds. The average molecular weight is 340 g/mol. The molecule has 0 atom stereocenters. The van der Waals surface area contributed by atoms with Gasteiger partial charge in [0.25, 0.3) is 0 Å². The highest BCUT2D eigenvalue weighted by molar-refractivity contribution is 5.96. The van der Waals surface area contributed by atoms with Crippen molar-refractivity contribution in [3.63, 3.8) is 0 Å². The van der Waals surface area contributed by atoms with Crippen LogP contribution < -0.4 is 9.64 Å². The zero-order valence-corrected chi connectivity index (χ0v) is 15.0. The van der Waals surface area contributed by atoms with Crippen LogP contribution in [0, 0.1) is 0 Å². The van der Waals surface area contributed by atoms with Gasteiger partial charge < -0.3 is 9.64 Å². The van der Waals surface area contributed by atoms with Gasteiger partial charge in [-0.3, -0.25) is 9.48 Å². The molecular formula is C19H24N4O2. The Hall–Kier alpha value is -2.37. The summed E-state index contributed by atoms with van der Waals surface area (Å²) < 4.78 is 7.48.